The molecule has 5 nitrogen and oxygen atoms in total. The molecular formula is C12H19NO4. The molecule has 0 spiro atoms. The zero-order valence-electron chi connectivity index (χ0n) is 9.93. The van der Waals surface area contributed by atoms with Crippen LogP contribution in [0.2, 0.25) is 0 Å². The molecule has 0 aromatic rings. The average molecular weight is 241 g/mol. The van der Waals surface area contributed by atoms with Crippen LogP contribution in [0.15, 0.2) is 0 Å². The van der Waals surface area contributed by atoms with E-state index in [0.717, 1.165) is 12.8 Å². The van der Waals surface area contributed by atoms with E-state index in [1.165, 1.54) is 0 Å². The van der Waals surface area contributed by atoms with Gasteiger partial charge in [0, 0.05) is 0 Å². The van der Waals surface area contributed by atoms with Crippen LogP contribution in [0.1, 0.15) is 25.7 Å². The maximum atomic E-state index is 9.75. The molecule has 1 saturated carbocycles. The van der Waals surface area contributed by atoms with Crippen LogP contribution >= 0.6 is 0 Å². The monoisotopic (exact) mass is 241 g/mol. The molecule has 2 fully saturated rings. The minimum atomic E-state index is -1.13. The molecule has 17 heavy (non-hydrogen) atoms. The SMILES string of the molecule is N#CC1(O)CCC(OCC2COCCO2)CC1. The minimum absolute atomic E-state index is 0.0283. The van der Waals surface area contributed by atoms with E-state index >= 15 is 0 Å². The zero-order chi connectivity index (χ0) is 12.1. The fourth-order valence-corrected chi connectivity index (χ4v) is 2.22. The smallest absolute Gasteiger partial charge is 0.151 e. The Hall–Kier alpha value is -0.670. The fraction of sp³-hybridized carbons (Fsp3) is 0.917. The van der Waals surface area contributed by atoms with Crippen LogP contribution in [-0.4, -0.2) is 49.3 Å². The van der Waals surface area contributed by atoms with Gasteiger partial charge < -0.3 is 19.3 Å². The van der Waals surface area contributed by atoms with Crippen LogP contribution in [0.5, 0.6) is 0 Å². The molecule has 1 heterocycles. The first-order valence-electron chi connectivity index (χ1n) is 6.16. The van der Waals surface area contributed by atoms with Crippen molar-refractivity contribution < 1.29 is 19.3 Å². The van der Waals surface area contributed by atoms with Crippen LogP contribution in [0.3, 0.4) is 0 Å². The molecule has 1 aliphatic carbocycles. The van der Waals surface area contributed by atoms with Gasteiger partial charge in [-0.05, 0) is 25.7 Å². The molecule has 1 unspecified atom stereocenters. The van der Waals surface area contributed by atoms with Gasteiger partial charge in [0.25, 0.3) is 0 Å². The molecule has 5 heteroatoms. The Morgan fingerprint density at radius 1 is 1.35 bits per heavy atom. The Balaban J connectivity index is 1.66. The van der Waals surface area contributed by atoms with E-state index in [1.807, 2.05) is 6.07 Å². The molecule has 0 aromatic carbocycles. The first-order chi connectivity index (χ1) is 8.22. The van der Waals surface area contributed by atoms with Gasteiger partial charge in [-0.2, -0.15) is 5.26 Å². The lowest BCUT2D eigenvalue weighted by atomic mass is 9.84. The van der Waals surface area contributed by atoms with Gasteiger partial charge >= 0.3 is 0 Å². The van der Waals surface area contributed by atoms with E-state index in [4.69, 9.17) is 19.5 Å². The van der Waals surface area contributed by atoms with Gasteiger partial charge in [-0.25, -0.2) is 0 Å². The Morgan fingerprint density at radius 3 is 2.71 bits per heavy atom. The van der Waals surface area contributed by atoms with E-state index in [1.54, 1.807) is 0 Å². The lowest BCUT2D eigenvalue weighted by Gasteiger charge is -2.32. The van der Waals surface area contributed by atoms with Gasteiger partial charge in [-0.15, -0.1) is 0 Å². The third kappa shape index (κ3) is 3.65. The van der Waals surface area contributed by atoms with Crippen molar-refractivity contribution in [2.45, 2.75) is 43.5 Å². The molecule has 0 amide bonds. The summed E-state index contributed by atoms with van der Waals surface area (Å²) in [5, 5.41) is 18.5. The van der Waals surface area contributed by atoms with Gasteiger partial charge in [0.2, 0.25) is 0 Å². The highest BCUT2D eigenvalue weighted by molar-refractivity contribution is 5.02. The van der Waals surface area contributed by atoms with Gasteiger partial charge in [-0.1, -0.05) is 0 Å². The topological polar surface area (TPSA) is 71.7 Å². The zero-order valence-corrected chi connectivity index (χ0v) is 9.93. The molecule has 2 aliphatic rings. The standard InChI is InChI=1S/C12H19NO4/c13-9-12(14)3-1-10(2-4-12)17-8-11-7-15-5-6-16-11/h10-11,14H,1-8H2. The molecule has 1 N–H and O–H groups in total. The van der Waals surface area contributed by atoms with Crippen molar-refractivity contribution in [1.29, 1.82) is 5.26 Å². The normalized spacial score (nSPS) is 38.6. The number of nitriles is 1. The largest absolute Gasteiger partial charge is 0.376 e. The van der Waals surface area contributed by atoms with Crippen LogP contribution in [0.25, 0.3) is 0 Å². The van der Waals surface area contributed by atoms with Crippen molar-refractivity contribution in [2.75, 3.05) is 26.4 Å². The highest BCUT2D eigenvalue weighted by Gasteiger charge is 2.33. The van der Waals surface area contributed by atoms with Gasteiger partial charge in [0.1, 0.15) is 6.10 Å². The van der Waals surface area contributed by atoms with Gasteiger partial charge in [0.05, 0.1) is 38.6 Å². The lowest BCUT2D eigenvalue weighted by molar-refractivity contribution is -0.131. The van der Waals surface area contributed by atoms with Crippen molar-refractivity contribution in [3.05, 3.63) is 0 Å². The van der Waals surface area contributed by atoms with Crippen LogP contribution in [-0.2, 0) is 14.2 Å². The molecule has 0 radical (unpaired) electrons. The second-order valence-electron chi connectivity index (χ2n) is 4.74. The van der Waals surface area contributed by atoms with E-state index in [2.05, 4.69) is 0 Å². The summed E-state index contributed by atoms with van der Waals surface area (Å²) < 4.78 is 16.5. The average Bonchev–Trinajstić information content (AvgIpc) is 2.39. The number of nitrogens with zero attached hydrogens (tertiary/aromatic N) is 1. The Morgan fingerprint density at radius 2 is 2.12 bits per heavy atom. The molecule has 1 saturated heterocycles. The van der Waals surface area contributed by atoms with Crippen LogP contribution in [0, 0.1) is 11.3 Å². The number of hydrogen-bond donors (Lipinski definition) is 1. The molecular weight excluding hydrogens is 222 g/mol. The van der Waals surface area contributed by atoms with Crippen molar-refractivity contribution in [3.63, 3.8) is 0 Å². The fourth-order valence-electron chi connectivity index (χ4n) is 2.22. The van der Waals surface area contributed by atoms with Crippen molar-refractivity contribution in [2.24, 2.45) is 0 Å². The summed E-state index contributed by atoms with van der Waals surface area (Å²) >= 11 is 0. The summed E-state index contributed by atoms with van der Waals surface area (Å²) in [6.45, 7) is 2.42. The minimum Gasteiger partial charge on any atom is -0.376 e. The van der Waals surface area contributed by atoms with Crippen LogP contribution < -0.4 is 0 Å². The van der Waals surface area contributed by atoms with Gasteiger partial charge in [-0.3, -0.25) is 0 Å². The molecule has 0 bridgehead atoms. The summed E-state index contributed by atoms with van der Waals surface area (Å²) in [5.74, 6) is 0. The summed E-state index contributed by atoms with van der Waals surface area (Å²) in [6, 6.07) is 1.96. The summed E-state index contributed by atoms with van der Waals surface area (Å²) in [5.41, 5.74) is -1.13. The van der Waals surface area contributed by atoms with Crippen molar-refractivity contribution in [3.8, 4) is 6.07 Å². The second kappa shape index (κ2) is 5.78. The molecule has 1 aliphatic heterocycles. The van der Waals surface area contributed by atoms with Crippen molar-refractivity contribution in [1.82, 2.24) is 0 Å². The first kappa shape index (κ1) is 12.8. The molecule has 1 atom stereocenters. The van der Waals surface area contributed by atoms with Gasteiger partial charge in [0.15, 0.2) is 5.60 Å². The number of hydrogen-bond acceptors (Lipinski definition) is 5. The number of ether oxygens (including phenoxy) is 3. The number of aliphatic hydroxyl groups is 1. The Labute approximate surface area is 101 Å². The third-order valence-corrected chi connectivity index (χ3v) is 3.37. The highest BCUT2D eigenvalue weighted by Crippen LogP contribution is 2.29. The lowest BCUT2D eigenvalue weighted by Crippen LogP contribution is -2.38. The second-order valence-corrected chi connectivity index (χ2v) is 4.74. The Kier molecular flexibility index (Phi) is 4.35. The molecule has 2 rings (SSSR count). The van der Waals surface area contributed by atoms with E-state index < -0.39 is 5.60 Å². The Bertz CT molecular complexity index is 275. The number of rotatable bonds is 3. The third-order valence-electron chi connectivity index (χ3n) is 3.37. The predicted octanol–water partition coefficient (Wildman–Crippen LogP) is 0.616. The summed E-state index contributed by atoms with van der Waals surface area (Å²) in [4.78, 5) is 0. The molecule has 0 aromatic heterocycles. The van der Waals surface area contributed by atoms with E-state index in [0.29, 0.717) is 39.3 Å². The first-order valence-corrected chi connectivity index (χ1v) is 6.16. The summed E-state index contributed by atoms with van der Waals surface area (Å²) in [7, 11) is 0. The van der Waals surface area contributed by atoms with E-state index in [9.17, 15) is 5.11 Å². The van der Waals surface area contributed by atoms with Crippen molar-refractivity contribution >= 4 is 0 Å². The summed E-state index contributed by atoms with van der Waals surface area (Å²) in [6.07, 6.45) is 2.62. The predicted molar refractivity (Wildman–Crippen MR) is 59.3 cm³/mol. The highest BCUT2D eigenvalue weighted by atomic mass is 16.6. The maximum Gasteiger partial charge on any atom is 0.151 e. The van der Waals surface area contributed by atoms with E-state index in [-0.39, 0.29) is 12.2 Å². The molecule has 96 valence electrons. The van der Waals surface area contributed by atoms with Crippen LogP contribution in [0.4, 0.5) is 0 Å². The quantitative estimate of drug-likeness (QED) is 0.733. The maximum absolute atomic E-state index is 9.75.